The molecular formula is C7H6Br2Cl2F2O4. The third-order valence-electron chi connectivity index (χ3n) is 1.22. The molecule has 3 atom stereocenters. The Morgan fingerprint density at radius 2 is 1.65 bits per heavy atom. The van der Waals surface area contributed by atoms with Gasteiger partial charge in [-0.15, -0.1) is 0 Å². The van der Waals surface area contributed by atoms with E-state index in [1.165, 1.54) is 6.92 Å². The van der Waals surface area contributed by atoms with Crippen LogP contribution in [0.1, 0.15) is 6.92 Å². The van der Waals surface area contributed by atoms with E-state index in [1.54, 1.807) is 0 Å². The van der Waals surface area contributed by atoms with Gasteiger partial charge in [-0.05, 0) is 38.8 Å². The van der Waals surface area contributed by atoms with E-state index in [9.17, 15) is 18.4 Å². The fourth-order valence-corrected chi connectivity index (χ4v) is 0.865. The van der Waals surface area contributed by atoms with Gasteiger partial charge in [0.05, 0.1) is 0 Å². The molecule has 100 valence electrons. The minimum atomic E-state index is -2.86. The standard InChI is InChI=1S/C7H6Br2Cl2F2O4/c1-3(17-5(15)7(9,11)13)2-16-4(14)6(8,10)12/h3H,2H2,1H3/t3-,6+,7+/m1/s1. The van der Waals surface area contributed by atoms with Crippen LogP contribution >= 0.6 is 55.1 Å². The lowest BCUT2D eigenvalue weighted by Crippen LogP contribution is -2.31. The third kappa shape index (κ3) is 7.38. The zero-order valence-corrected chi connectivity index (χ0v) is 12.9. The first-order valence-corrected chi connectivity index (χ1v) is 6.30. The fourth-order valence-electron chi connectivity index (χ4n) is 0.558. The molecule has 0 radical (unpaired) electrons. The summed E-state index contributed by atoms with van der Waals surface area (Å²) >= 11 is 14.3. The molecule has 0 saturated carbocycles. The van der Waals surface area contributed by atoms with Crippen molar-refractivity contribution in [1.82, 2.24) is 0 Å². The van der Waals surface area contributed by atoms with E-state index >= 15 is 0 Å². The predicted octanol–water partition coefficient (Wildman–Crippen LogP) is 2.98. The Balaban J connectivity index is 4.10. The molecule has 0 amide bonds. The molecule has 0 aliphatic rings. The van der Waals surface area contributed by atoms with Crippen molar-refractivity contribution in [2.45, 2.75) is 21.1 Å². The molecule has 0 aliphatic heterocycles. The Morgan fingerprint density at radius 3 is 2.00 bits per heavy atom. The van der Waals surface area contributed by atoms with Crippen LogP contribution in [0, 0.1) is 0 Å². The highest BCUT2D eigenvalue weighted by Gasteiger charge is 2.37. The molecule has 17 heavy (non-hydrogen) atoms. The summed E-state index contributed by atoms with van der Waals surface area (Å²) in [4.78, 5) is 21.7. The van der Waals surface area contributed by atoms with Crippen LogP contribution in [0.2, 0.25) is 0 Å². The summed E-state index contributed by atoms with van der Waals surface area (Å²) in [7, 11) is 0. The molecule has 0 rings (SSSR count). The lowest BCUT2D eigenvalue weighted by molar-refractivity contribution is -0.162. The van der Waals surface area contributed by atoms with Crippen LogP contribution in [-0.2, 0) is 19.1 Å². The number of hydrogen-bond acceptors (Lipinski definition) is 4. The van der Waals surface area contributed by atoms with E-state index in [1.807, 2.05) is 0 Å². The van der Waals surface area contributed by atoms with E-state index in [2.05, 4.69) is 41.3 Å². The topological polar surface area (TPSA) is 52.6 Å². The van der Waals surface area contributed by atoms with E-state index in [0.29, 0.717) is 0 Å². The number of alkyl halides is 6. The van der Waals surface area contributed by atoms with Gasteiger partial charge in [0.25, 0.3) is 0 Å². The van der Waals surface area contributed by atoms with E-state index in [4.69, 9.17) is 23.2 Å². The van der Waals surface area contributed by atoms with Gasteiger partial charge in [-0.3, -0.25) is 0 Å². The van der Waals surface area contributed by atoms with Gasteiger partial charge in [0.2, 0.25) is 0 Å². The number of ether oxygens (including phenoxy) is 2. The van der Waals surface area contributed by atoms with Crippen molar-refractivity contribution >= 4 is 67.0 Å². The SMILES string of the molecule is C[C@H](COC(=O)[C@@](F)(Cl)Br)OC(=O)[C@@](F)(Cl)Br. The largest absolute Gasteiger partial charge is 0.458 e. The van der Waals surface area contributed by atoms with Crippen LogP contribution in [-0.4, -0.2) is 32.7 Å². The first-order chi connectivity index (χ1) is 7.44. The number of carbonyl (C=O) groups excluding carboxylic acids is 2. The highest BCUT2D eigenvalue weighted by Crippen LogP contribution is 2.28. The summed E-state index contributed by atoms with van der Waals surface area (Å²) in [6.45, 7) is 0.776. The zero-order valence-electron chi connectivity index (χ0n) is 8.19. The van der Waals surface area contributed by atoms with E-state index in [-0.39, 0.29) is 0 Å². The third-order valence-corrected chi connectivity index (χ3v) is 2.18. The van der Waals surface area contributed by atoms with Crippen LogP contribution < -0.4 is 0 Å². The lowest BCUT2D eigenvalue weighted by atomic mass is 10.4. The highest BCUT2D eigenvalue weighted by atomic mass is 79.9. The normalized spacial score (nSPS) is 19.7. The zero-order chi connectivity index (χ0) is 13.9. The van der Waals surface area contributed by atoms with Crippen molar-refractivity contribution in [2.24, 2.45) is 0 Å². The van der Waals surface area contributed by atoms with Crippen molar-refractivity contribution in [3.63, 3.8) is 0 Å². The predicted molar refractivity (Wildman–Crippen MR) is 63.8 cm³/mol. The average molecular weight is 423 g/mol. The van der Waals surface area contributed by atoms with Crippen molar-refractivity contribution in [3.05, 3.63) is 0 Å². The maximum Gasteiger partial charge on any atom is 0.371 e. The van der Waals surface area contributed by atoms with Gasteiger partial charge in [0.15, 0.2) is 0 Å². The molecular weight excluding hydrogens is 417 g/mol. The van der Waals surface area contributed by atoms with Crippen LogP contribution in [0.25, 0.3) is 0 Å². The maximum absolute atomic E-state index is 12.7. The number of hydrogen-bond donors (Lipinski definition) is 0. The Labute approximate surface area is 122 Å². The van der Waals surface area contributed by atoms with E-state index < -0.39 is 32.7 Å². The monoisotopic (exact) mass is 420 g/mol. The van der Waals surface area contributed by atoms with Gasteiger partial charge < -0.3 is 9.47 Å². The molecule has 0 aromatic rings. The Morgan fingerprint density at radius 1 is 1.24 bits per heavy atom. The first-order valence-electron chi connectivity index (χ1n) is 3.96. The van der Waals surface area contributed by atoms with Crippen molar-refractivity contribution < 1.29 is 27.8 Å². The molecule has 0 unspecified atom stereocenters. The van der Waals surface area contributed by atoms with Crippen LogP contribution in [0.3, 0.4) is 0 Å². The second-order valence-corrected chi connectivity index (χ2v) is 6.95. The lowest BCUT2D eigenvalue weighted by Gasteiger charge is -2.17. The smallest absolute Gasteiger partial charge is 0.371 e. The highest BCUT2D eigenvalue weighted by molar-refractivity contribution is 9.10. The average Bonchev–Trinajstić information content (AvgIpc) is 2.10. The summed E-state index contributed by atoms with van der Waals surface area (Å²) in [6.07, 6.45) is -1.02. The van der Waals surface area contributed by atoms with Crippen molar-refractivity contribution in [2.75, 3.05) is 6.61 Å². The number of halogens is 6. The van der Waals surface area contributed by atoms with Gasteiger partial charge in [-0.25, -0.2) is 18.4 Å². The van der Waals surface area contributed by atoms with Gasteiger partial charge in [0, 0.05) is 0 Å². The molecule has 0 spiro atoms. The molecule has 0 bridgehead atoms. The summed E-state index contributed by atoms with van der Waals surface area (Å²) in [5.41, 5.74) is 0. The summed E-state index contributed by atoms with van der Waals surface area (Å²) in [5, 5.41) is 0. The summed E-state index contributed by atoms with van der Waals surface area (Å²) in [6, 6.07) is 0. The molecule has 0 N–H and O–H groups in total. The fraction of sp³-hybridized carbons (Fsp3) is 0.714. The molecule has 0 aliphatic carbocycles. The second kappa shape index (κ2) is 6.49. The number of carbonyl (C=O) groups is 2. The number of esters is 2. The molecule has 0 heterocycles. The first kappa shape index (κ1) is 17.3. The van der Waals surface area contributed by atoms with Gasteiger partial charge in [-0.1, -0.05) is 23.2 Å². The molecule has 0 fully saturated rings. The molecule has 4 nitrogen and oxygen atoms in total. The molecule has 10 heteroatoms. The maximum atomic E-state index is 12.7. The minimum absolute atomic E-state index is 0.505. The van der Waals surface area contributed by atoms with Gasteiger partial charge >= 0.3 is 20.0 Å². The Bertz CT molecular complexity index is 303. The van der Waals surface area contributed by atoms with Crippen molar-refractivity contribution in [1.29, 1.82) is 0 Å². The summed E-state index contributed by atoms with van der Waals surface area (Å²) in [5.74, 6) is -2.84. The van der Waals surface area contributed by atoms with Gasteiger partial charge in [-0.2, -0.15) is 0 Å². The Kier molecular flexibility index (Phi) is 6.62. The number of rotatable bonds is 5. The molecule has 0 aromatic heterocycles. The molecule has 0 saturated heterocycles. The van der Waals surface area contributed by atoms with Crippen LogP contribution in [0.5, 0.6) is 0 Å². The molecule has 0 aromatic carbocycles. The van der Waals surface area contributed by atoms with Gasteiger partial charge in [0.1, 0.15) is 12.7 Å². The van der Waals surface area contributed by atoms with Crippen LogP contribution in [0.15, 0.2) is 0 Å². The quantitative estimate of drug-likeness (QED) is 0.505. The second-order valence-electron chi connectivity index (χ2n) is 2.81. The van der Waals surface area contributed by atoms with E-state index in [0.717, 1.165) is 0 Å². The Hall–Kier alpha value is 0.340. The summed E-state index contributed by atoms with van der Waals surface area (Å²) < 4.78 is 28.5. The van der Waals surface area contributed by atoms with Crippen LogP contribution in [0.4, 0.5) is 8.78 Å². The minimum Gasteiger partial charge on any atom is -0.458 e. The van der Waals surface area contributed by atoms with Crippen molar-refractivity contribution in [3.8, 4) is 0 Å².